The standard InChI is InChI=1S/C23H46O5S/c1-23(24)21-19-17-15-13-11-9-7-5-3-2-4-6-8-10-12-14-16-18-20-22-28-29(25,26)27/h2-22H2,1H3,(H,25,26,27). The van der Waals surface area contributed by atoms with E-state index in [4.69, 9.17) is 4.55 Å². The molecule has 0 spiro atoms. The summed E-state index contributed by atoms with van der Waals surface area (Å²) in [7, 11) is -4.26. The molecule has 174 valence electrons. The molecule has 1 N–H and O–H groups in total. The first-order chi connectivity index (χ1) is 13.9. The van der Waals surface area contributed by atoms with Crippen LogP contribution in [-0.4, -0.2) is 25.4 Å². The van der Waals surface area contributed by atoms with E-state index in [1.807, 2.05) is 0 Å². The lowest BCUT2D eigenvalue weighted by Crippen LogP contribution is -2.04. The fraction of sp³-hybridized carbons (Fsp3) is 0.957. The molecule has 0 fully saturated rings. The van der Waals surface area contributed by atoms with Gasteiger partial charge in [0.15, 0.2) is 0 Å². The maximum Gasteiger partial charge on any atom is 0.397 e. The maximum absolute atomic E-state index is 10.8. The number of hydrogen-bond acceptors (Lipinski definition) is 4. The van der Waals surface area contributed by atoms with E-state index in [0.29, 0.717) is 12.2 Å². The molecular weight excluding hydrogens is 388 g/mol. The minimum atomic E-state index is -4.26. The monoisotopic (exact) mass is 434 g/mol. The molecule has 0 heterocycles. The Morgan fingerprint density at radius 2 is 0.862 bits per heavy atom. The quantitative estimate of drug-likeness (QED) is 0.136. The Hall–Kier alpha value is -0.460. The van der Waals surface area contributed by atoms with Crippen LogP contribution in [0.25, 0.3) is 0 Å². The van der Waals surface area contributed by atoms with Crippen LogP contribution in [0.5, 0.6) is 0 Å². The Morgan fingerprint density at radius 3 is 1.14 bits per heavy atom. The molecular formula is C23H46O5S. The van der Waals surface area contributed by atoms with E-state index in [1.54, 1.807) is 6.92 Å². The summed E-state index contributed by atoms with van der Waals surface area (Å²) in [6, 6.07) is 0. The van der Waals surface area contributed by atoms with Crippen LogP contribution in [0.1, 0.15) is 135 Å². The topological polar surface area (TPSA) is 80.7 Å². The van der Waals surface area contributed by atoms with Crippen LogP contribution < -0.4 is 0 Å². The van der Waals surface area contributed by atoms with E-state index < -0.39 is 10.4 Å². The van der Waals surface area contributed by atoms with E-state index in [1.165, 1.54) is 96.3 Å². The normalized spacial score (nSPS) is 11.8. The zero-order valence-electron chi connectivity index (χ0n) is 18.8. The Bertz CT molecular complexity index is 462. The molecule has 0 bridgehead atoms. The smallest absolute Gasteiger partial charge is 0.300 e. The summed E-state index contributed by atoms with van der Waals surface area (Å²) in [6.07, 6.45) is 24.4. The molecule has 0 saturated carbocycles. The minimum absolute atomic E-state index is 0.0844. The van der Waals surface area contributed by atoms with Gasteiger partial charge in [-0.1, -0.05) is 109 Å². The van der Waals surface area contributed by atoms with E-state index in [0.717, 1.165) is 25.7 Å². The van der Waals surface area contributed by atoms with Gasteiger partial charge in [-0.25, -0.2) is 4.18 Å². The van der Waals surface area contributed by atoms with E-state index in [9.17, 15) is 13.2 Å². The molecule has 0 radical (unpaired) electrons. The predicted octanol–water partition coefficient (Wildman–Crippen LogP) is 7.20. The van der Waals surface area contributed by atoms with Crippen molar-refractivity contribution in [3.8, 4) is 0 Å². The van der Waals surface area contributed by atoms with Crippen molar-refractivity contribution in [3.63, 3.8) is 0 Å². The maximum atomic E-state index is 10.8. The van der Waals surface area contributed by atoms with Crippen LogP contribution in [0.3, 0.4) is 0 Å². The highest BCUT2D eigenvalue weighted by Gasteiger charge is 2.02. The van der Waals surface area contributed by atoms with Gasteiger partial charge in [-0.2, -0.15) is 8.42 Å². The lowest BCUT2D eigenvalue weighted by Gasteiger charge is -2.04. The number of unbranched alkanes of at least 4 members (excludes halogenated alkanes) is 18. The first-order valence-corrected chi connectivity index (χ1v) is 13.4. The van der Waals surface area contributed by atoms with Crippen LogP contribution >= 0.6 is 0 Å². The number of hydrogen-bond donors (Lipinski definition) is 1. The van der Waals surface area contributed by atoms with E-state index >= 15 is 0 Å². The summed E-state index contributed by atoms with van der Waals surface area (Å²) in [5.41, 5.74) is 0. The molecule has 0 unspecified atom stereocenters. The van der Waals surface area contributed by atoms with Gasteiger partial charge < -0.3 is 4.79 Å². The van der Waals surface area contributed by atoms with Crippen LogP contribution in [0.4, 0.5) is 0 Å². The number of Topliss-reactive ketones (excluding diaryl/α,β-unsaturated/α-hetero) is 1. The summed E-state index contributed by atoms with van der Waals surface area (Å²) < 4.78 is 33.5. The highest BCUT2D eigenvalue weighted by atomic mass is 32.3. The van der Waals surface area contributed by atoms with Crippen molar-refractivity contribution in [2.24, 2.45) is 0 Å². The van der Waals surface area contributed by atoms with Crippen molar-refractivity contribution in [1.82, 2.24) is 0 Å². The third-order valence-electron chi connectivity index (χ3n) is 5.41. The third-order valence-corrected chi connectivity index (χ3v) is 5.87. The third kappa shape index (κ3) is 27.5. The Labute approximate surface area is 180 Å². The molecule has 0 aliphatic heterocycles. The van der Waals surface area contributed by atoms with Gasteiger partial charge in [0.05, 0.1) is 6.61 Å². The summed E-state index contributed by atoms with van der Waals surface area (Å²) in [5.74, 6) is 0.324. The molecule has 0 aliphatic rings. The molecule has 0 rings (SSSR count). The minimum Gasteiger partial charge on any atom is -0.300 e. The number of carbonyl (C=O) groups excluding carboxylic acids is 1. The van der Waals surface area contributed by atoms with E-state index in [2.05, 4.69) is 4.18 Å². The van der Waals surface area contributed by atoms with Gasteiger partial charge in [-0.15, -0.1) is 0 Å². The van der Waals surface area contributed by atoms with Gasteiger partial charge in [0.1, 0.15) is 5.78 Å². The second-order valence-electron chi connectivity index (χ2n) is 8.42. The van der Waals surface area contributed by atoms with Crippen LogP contribution in [0.2, 0.25) is 0 Å². The summed E-state index contributed by atoms with van der Waals surface area (Å²) in [5, 5.41) is 0. The SMILES string of the molecule is CC(=O)CCCCCCCCCCCCCCCCCCCCCOS(=O)(=O)O. The molecule has 0 saturated heterocycles. The van der Waals surface area contributed by atoms with Crippen molar-refractivity contribution in [2.45, 2.75) is 135 Å². The predicted molar refractivity (Wildman–Crippen MR) is 121 cm³/mol. The highest BCUT2D eigenvalue weighted by Crippen LogP contribution is 2.15. The molecule has 0 amide bonds. The van der Waals surface area contributed by atoms with Gasteiger partial charge in [0.25, 0.3) is 0 Å². The van der Waals surface area contributed by atoms with Crippen molar-refractivity contribution in [2.75, 3.05) is 6.61 Å². The highest BCUT2D eigenvalue weighted by molar-refractivity contribution is 7.80. The summed E-state index contributed by atoms with van der Waals surface area (Å²) in [4.78, 5) is 10.8. The van der Waals surface area contributed by atoms with Crippen molar-refractivity contribution >= 4 is 16.2 Å². The average Bonchev–Trinajstić information content (AvgIpc) is 2.64. The summed E-state index contributed by atoms with van der Waals surface area (Å²) >= 11 is 0. The van der Waals surface area contributed by atoms with Crippen LogP contribution in [-0.2, 0) is 19.4 Å². The zero-order valence-corrected chi connectivity index (χ0v) is 19.7. The average molecular weight is 435 g/mol. The first-order valence-electron chi connectivity index (χ1n) is 12.0. The van der Waals surface area contributed by atoms with Gasteiger partial charge in [0, 0.05) is 6.42 Å². The van der Waals surface area contributed by atoms with E-state index in [-0.39, 0.29) is 6.61 Å². The lowest BCUT2D eigenvalue weighted by atomic mass is 10.0. The zero-order chi connectivity index (χ0) is 21.6. The fourth-order valence-electron chi connectivity index (χ4n) is 3.65. The number of ketones is 1. The molecule has 0 aromatic rings. The van der Waals surface area contributed by atoms with Gasteiger partial charge in [0.2, 0.25) is 0 Å². The summed E-state index contributed by atoms with van der Waals surface area (Å²) in [6.45, 7) is 1.77. The van der Waals surface area contributed by atoms with Crippen molar-refractivity contribution in [3.05, 3.63) is 0 Å². The van der Waals surface area contributed by atoms with Crippen molar-refractivity contribution in [1.29, 1.82) is 0 Å². The molecule has 0 aliphatic carbocycles. The van der Waals surface area contributed by atoms with Gasteiger partial charge in [-0.05, 0) is 19.8 Å². The van der Waals surface area contributed by atoms with Crippen LogP contribution in [0, 0.1) is 0 Å². The molecule has 0 aromatic heterocycles. The largest absolute Gasteiger partial charge is 0.397 e. The molecule has 6 heteroatoms. The lowest BCUT2D eigenvalue weighted by molar-refractivity contribution is -0.117. The second-order valence-corrected chi connectivity index (χ2v) is 9.51. The Kier molecular flexibility index (Phi) is 20.5. The Balaban J connectivity index is 3.06. The number of carbonyl (C=O) groups is 1. The van der Waals surface area contributed by atoms with Gasteiger partial charge >= 0.3 is 10.4 Å². The Morgan fingerprint density at radius 1 is 0.586 bits per heavy atom. The molecule has 5 nitrogen and oxygen atoms in total. The number of rotatable bonds is 23. The fourth-order valence-corrected chi connectivity index (χ4v) is 3.97. The molecule has 0 aromatic carbocycles. The van der Waals surface area contributed by atoms with Crippen LogP contribution in [0.15, 0.2) is 0 Å². The first kappa shape index (κ1) is 28.5. The molecule has 0 atom stereocenters. The molecule has 29 heavy (non-hydrogen) atoms. The van der Waals surface area contributed by atoms with Gasteiger partial charge in [-0.3, -0.25) is 4.55 Å². The van der Waals surface area contributed by atoms with Crippen molar-refractivity contribution < 1.29 is 21.9 Å². The second kappa shape index (κ2) is 20.8.